The van der Waals surface area contributed by atoms with Gasteiger partial charge in [0.1, 0.15) is 6.29 Å². The zero-order chi connectivity index (χ0) is 10.8. The first-order chi connectivity index (χ1) is 6.37. The Kier molecular flexibility index (Phi) is 2.98. The Morgan fingerprint density at radius 2 is 2.00 bits per heavy atom. The molecule has 0 aromatic heterocycles. The molecular weight excluding hydrogens is 178 g/mol. The number of hydrogen-bond donors (Lipinski definition) is 1. The van der Waals surface area contributed by atoms with Crippen molar-refractivity contribution in [1.29, 1.82) is 0 Å². The Morgan fingerprint density at radius 3 is 2.29 bits per heavy atom. The summed E-state index contributed by atoms with van der Waals surface area (Å²) in [6.07, 6.45) is 3.99. The van der Waals surface area contributed by atoms with Crippen LogP contribution in [0.3, 0.4) is 0 Å². The summed E-state index contributed by atoms with van der Waals surface area (Å²) in [5.41, 5.74) is -0.541. The van der Waals surface area contributed by atoms with E-state index in [0.29, 0.717) is 6.42 Å². The second kappa shape index (κ2) is 3.71. The minimum atomic E-state index is -0.525. The summed E-state index contributed by atoms with van der Waals surface area (Å²) in [5, 5.41) is 2.83. The summed E-state index contributed by atoms with van der Waals surface area (Å²) in [7, 11) is 0. The first-order valence-corrected chi connectivity index (χ1v) is 5.14. The fourth-order valence-corrected chi connectivity index (χ4v) is 1.63. The molecule has 0 unspecified atom stereocenters. The van der Waals surface area contributed by atoms with Crippen molar-refractivity contribution in [3.63, 3.8) is 0 Å². The predicted molar refractivity (Wildman–Crippen MR) is 54.9 cm³/mol. The third-order valence-electron chi connectivity index (χ3n) is 2.55. The molecule has 0 bridgehead atoms. The highest BCUT2D eigenvalue weighted by atomic mass is 16.2. The molecule has 0 heterocycles. The maximum Gasteiger partial charge on any atom is 0.221 e. The van der Waals surface area contributed by atoms with E-state index in [1.165, 1.54) is 0 Å². The number of amides is 1. The van der Waals surface area contributed by atoms with Crippen LogP contribution in [-0.2, 0) is 9.59 Å². The third kappa shape index (κ3) is 2.82. The summed E-state index contributed by atoms with van der Waals surface area (Å²) >= 11 is 0. The standard InChI is InChI=1S/C11H19NO2/c1-10(2,3)7-9(14)12-11(8-13)5-4-6-11/h8H,4-7H2,1-3H3,(H,12,14). The highest BCUT2D eigenvalue weighted by Gasteiger charge is 2.38. The van der Waals surface area contributed by atoms with Crippen LogP contribution in [0.1, 0.15) is 46.5 Å². The number of aldehydes is 1. The zero-order valence-corrected chi connectivity index (χ0v) is 9.22. The Morgan fingerprint density at radius 1 is 1.43 bits per heavy atom. The lowest BCUT2D eigenvalue weighted by molar-refractivity contribution is -0.130. The molecule has 1 aliphatic carbocycles. The van der Waals surface area contributed by atoms with Crippen molar-refractivity contribution >= 4 is 12.2 Å². The zero-order valence-electron chi connectivity index (χ0n) is 9.22. The summed E-state index contributed by atoms with van der Waals surface area (Å²) in [6, 6.07) is 0. The van der Waals surface area contributed by atoms with Gasteiger partial charge < -0.3 is 10.1 Å². The Hall–Kier alpha value is -0.860. The molecule has 14 heavy (non-hydrogen) atoms. The summed E-state index contributed by atoms with van der Waals surface area (Å²) < 4.78 is 0. The quantitative estimate of drug-likeness (QED) is 0.699. The summed E-state index contributed by atoms with van der Waals surface area (Å²) in [4.78, 5) is 22.4. The minimum Gasteiger partial charge on any atom is -0.344 e. The predicted octanol–water partition coefficient (Wildman–Crippen LogP) is 1.66. The van der Waals surface area contributed by atoms with Gasteiger partial charge in [-0.3, -0.25) is 4.79 Å². The normalized spacial score (nSPS) is 19.6. The minimum absolute atomic E-state index is 0.00991. The van der Waals surface area contributed by atoms with Gasteiger partial charge in [-0.25, -0.2) is 0 Å². The van der Waals surface area contributed by atoms with Crippen LogP contribution >= 0.6 is 0 Å². The molecule has 0 radical (unpaired) electrons. The van der Waals surface area contributed by atoms with Crippen LogP contribution in [0.4, 0.5) is 0 Å². The second-order valence-electron chi connectivity index (χ2n) is 5.41. The molecule has 1 fully saturated rings. The number of hydrogen-bond acceptors (Lipinski definition) is 2. The number of rotatable bonds is 3. The lowest BCUT2D eigenvalue weighted by Gasteiger charge is -2.38. The van der Waals surface area contributed by atoms with Gasteiger partial charge in [-0.05, 0) is 24.7 Å². The van der Waals surface area contributed by atoms with Crippen molar-refractivity contribution in [2.24, 2.45) is 5.41 Å². The van der Waals surface area contributed by atoms with Crippen LogP contribution in [0.25, 0.3) is 0 Å². The molecular formula is C11H19NO2. The molecule has 0 aromatic rings. The fourth-order valence-electron chi connectivity index (χ4n) is 1.63. The molecule has 3 nitrogen and oxygen atoms in total. The van der Waals surface area contributed by atoms with Crippen molar-refractivity contribution in [1.82, 2.24) is 5.32 Å². The number of carbonyl (C=O) groups excluding carboxylic acids is 2. The molecule has 0 spiro atoms. The van der Waals surface area contributed by atoms with Crippen molar-refractivity contribution in [3.8, 4) is 0 Å². The third-order valence-corrected chi connectivity index (χ3v) is 2.55. The molecule has 1 saturated carbocycles. The van der Waals surface area contributed by atoms with Gasteiger partial charge in [0.05, 0.1) is 5.54 Å². The average molecular weight is 197 g/mol. The van der Waals surface area contributed by atoms with E-state index in [9.17, 15) is 9.59 Å². The van der Waals surface area contributed by atoms with Gasteiger partial charge in [0.2, 0.25) is 5.91 Å². The molecule has 1 N–H and O–H groups in total. The molecule has 80 valence electrons. The SMILES string of the molecule is CC(C)(C)CC(=O)NC1(C=O)CCC1. The first-order valence-electron chi connectivity index (χ1n) is 5.14. The Balaban J connectivity index is 2.44. The van der Waals surface area contributed by atoms with Gasteiger partial charge in [-0.15, -0.1) is 0 Å². The highest BCUT2D eigenvalue weighted by Crippen LogP contribution is 2.30. The molecule has 1 amide bonds. The lowest BCUT2D eigenvalue weighted by atomic mass is 9.77. The van der Waals surface area contributed by atoms with E-state index in [1.807, 2.05) is 20.8 Å². The van der Waals surface area contributed by atoms with Gasteiger partial charge in [0.15, 0.2) is 0 Å². The number of nitrogens with one attached hydrogen (secondary N) is 1. The second-order valence-corrected chi connectivity index (χ2v) is 5.41. The molecule has 1 aliphatic rings. The van der Waals surface area contributed by atoms with E-state index in [0.717, 1.165) is 25.5 Å². The van der Waals surface area contributed by atoms with Crippen molar-refractivity contribution in [3.05, 3.63) is 0 Å². The van der Waals surface area contributed by atoms with Crippen LogP contribution < -0.4 is 5.32 Å². The largest absolute Gasteiger partial charge is 0.344 e. The van der Waals surface area contributed by atoms with Crippen LogP contribution in [0.15, 0.2) is 0 Å². The van der Waals surface area contributed by atoms with Gasteiger partial charge >= 0.3 is 0 Å². The molecule has 0 aromatic carbocycles. The Bertz CT molecular complexity index is 236. The van der Waals surface area contributed by atoms with Gasteiger partial charge in [0, 0.05) is 6.42 Å². The van der Waals surface area contributed by atoms with Crippen molar-refractivity contribution in [2.45, 2.75) is 52.0 Å². The van der Waals surface area contributed by atoms with Gasteiger partial charge in [-0.1, -0.05) is 20.8 Å². The van der Waals surface area contributed by atoms with Crippen molar-refractivity contribution < 1.29 is 9.59 Å². The average Bonchev–Trinajstić information content (AvgIpc) is 1.93. The highest BCUT2D eigenvalue weighted by molar-refractivity contribution is 5.82. The van der Waals surface area contributed by atoms with Crippen LogP contribution in [-0.4, -0.2) is 17.7 Å². The van der Waals surface area contributed by atoms with E-state index >= 15 is 0 Å². The fraction of sp³-hybridized carbons (Fsp3) is 0.818. The van der Waals surface area contributed by atoms with E-state index < -0.39 is 5.54 Å². The molecule has 3 heteroatoms. The number of carbonyl (C=O) groups is 2. The van der Waals surface area contributed by atoms with Crippen LogP contribution in [0.2, 0.25) is 0 Å². The van der Waals surface area contributed by atoms with E-state index in [4.69, 9.17) is 0 Å². The molecule has 0 saturated heterocycles. The van der Waals surface area contributed by atoms with Crippen LogP contribution in [0.5, 0.6) is 0 Å². The maximum atomic E-state index is 11.6. The molecule has 0 aliphatic heterocycles. The van der Waals surface area contributed by atoms with Gasteiger partial charge in [0.25, 0.3) is 0 Å². The Labute approximate surface area is 85.3 Å². The summed E-state index contributed by atoms with van der Waals surface area (Å²) in [5.74, 6) is -0.00991. The van der Waals surface area contributed by atoms with E-state index in [1.54, 1.807) is 0 Å². The first kappa shape index (κ1) is 11.2. The van der Waals surface area contributed by atoms with E-state index in [-0.39, 0.29) is 11.3 Å². The van der Waals surface area contributed by atoms with E-state index in [2.05, 4.69) is 5.32 Å². The maximum absolute atomic E-state index is 11.6. The smallest absolute Gasteiger partial charge is 0.221 e. The molecule has 1 rings (SSSR count). The molecule has 0 atom stereocenters. The summed E-state index contributed by atoms with van der Waals surface area (Å²) in [6.45, 7) is 6.04. The monoisotopic (exact) mass is 197 g/mol. The van der Waals surface area contributed by atoms with Crippen molar-refractivity contribution in [2.75, 3.05) is 0 Å². The van der Waals surface area contributed by atoms with Gasteiger partial charge in [-0.2, -0.15) is 0 Å². The lowest BCUT2D eigenvalue weighted by Crippen LogP contribution is -2.55. The van der Waals surface area contributed by atoms with Crippen LogP contribution in [0, 0.1) is 5.41 Å². The topological polar surface area (TPSA) is 46.2 Å².